The van der Waals surface area contributed by atoms with Crippen LogP contribution in [0.3, 0.4) is 0 Å². The van der Waals surface area contributed by atoms with Crippen molar-refractivity contribution in [3.05, 3.63) is 77.0 Å². The number of pyridine rings is 1. The lowest BCUT2D eigenvalue weighted by Gasteiger charge is -2.11. The van der Waals surface area contributed by atoms with E-state index in [1.54, 1.807) is 6.20 Å². The third kappa shape index (κ3) is 5.31. The molecule has 0 spiro atoms. The third-order valence-corrected chi connectivity index (χ3v) is 4.23. The number of hydrogen-bond donors (Lipinski definition) is 2. The second-order valence-corrected chi connectivity index (χ2v) is 6.48. The predicted octanol–water partition coefficient (Wildman–Crippen LogP) is 3.48. The van der Waals surface area contributed by atoms with Crippen LogP contribution in [-0.4, -0.2) is 27.0 Å². The average Bonchev–Trinajstić information content (AvgIpc) is 3.10. The molecule has 0 aliphatic rings. The summed E-state index contributed by atoms with van der Waals surface area (Å²) in [6, 6.07) is 11.8. The van der Waals surface area contributed by atoms with Crippen LogP contribution in [0.4, 0.5) is 0 Å². The van der Waals surface area contributed by atoms with Crippen LogP contribution in [0.25, 0.3) is 5.82 Å². The van der Waals surface area contributed by atoms with Gasteiger partial charge in [0.05, 0.1) is 6.54 Å². The molecule has 2 N–H and O–H groups in total. The van der Waals surface area contributed by atoms with Gasteiger partial charge in [0.2, 0.25) is 0 Å². The van der Waals surface area contributed by atoms with E-state index in [9.17, 15) is 0 Å². The maximum atomic E-state index is 6.04. The van der Waals surface area contributed by atoms with Crippen molar-refractivity contribution in [1.82, 2.24) is 25.2 Å². The normalized spacial score (nSPS) is 11.4. The van der Waals surface area contributed by atoms with Crippen molar-refractivity contribution in [3.8, 4) is 5.82 Å². The first-order valence-corrected chi connectivity index (χ1v) is 9.25. The first-order valence-electron chi connectivity index (χ1n) is 8.87. The Hall–Kier alpha value is -2.86. The highest BCUT2D eigenvalue weighted by atomic mass is 35.5. The number of nitrogens with zero attached hydrogens (tertiary/aromatic N) is 4. The number of hydrogen-bond acceptors (Lipinski definition) is 3. The lowest BCUT2D eigenvalue weighted by atomic mass is 10.2. The van der Waals surface area contributed by atoms with Gasteiger partial charge in [-0.2, -0.15) is 0 Å². The van der Waals surface area contributed by atoms with Gasteiger partial charge >= 0.3 is 0 Å². The van der Waals surface area contributed by atoms with Gasteiger partial charge in [0.1, 0.15) is 11.6 Å². The summed E-state index contributed by atoms with van der Waals surface area (Å²) >= 11 is 6.04. The van der Waals surface area contributed by atoms with E-state index in [-0.39, 0.29) is 0 Å². The van der Waals surface area contributed by atoms with Gasteiger partial charge in [0.25, 0.3) is 0 Å². The highest BCUT2D eigenvalue weighted by Crippen LogP contribution is 2.11. The number of imidazole rings is 1. The molecule has 0 saturated heterocycles. The lowest BCUT2D eigenvalue weighted by molar-refractivity contribution is 0.815. The zero-order valence-corrected chi connectivity index (χ0v) is 16.2. The zero-order valence-electron chi connectivity index (χ0n) is 15.5. The number of rotatable bonds is 6. The molecule has 0 aliphatic carbocycles. The summed E-state index contributed by atoms with van der Waals surface area (Å²) in [6.07, 6.45) is 5.51. The number of aliphatic imine (C=N–C) groups is 1. The van der Waals surface area contributed by atoms with Crippen LogP contribution in [0.5, 0.6) is 0 Å². The molecule has 3 aromatic rings. The van der Waals surface area contributed by atoms with Crippen LogP contribution in [0.2, 0.25) is 5.02 Å². The van der Waals surface area contributed by atoms with Crippen LogP contribution >= 0.6 is 11.6 Å². The standard InChI is InChI=1S/C20H23ClN6/c1-3-22-20(25-12-16-5-4-6-18(21)11-16)26-14-17-7-8-19(24-13-17)27-10-9-23-15(27)2/h4-11,13H,3,12,14H2,1-2H3,(H2,22,25,26). The SMILES string of the molecule is CCNC(=NCc1ccc(-n2ccnc2C)nc1)NCc1cccc(Cl)c1. The molecule has 1 aromatic carbocycles. The zero-order chi connectivity index (χ0) is 19.1. The van der Waals surface area contributed by atoms with E-state index in [1.165, 1.54) is 0 Å². The highest BCUT2D eigenvalue weighted by molar-refractivity contribution is 6.30. The van der Waals surface area contributed by atoms with E-state index in [4.69, 9.17) is 11.6 Å². The summed E-state index contributed by atoms with van der Waals surface area (Å²) in [6.45, 7) is 5.98. The minimum absolute atomic E-state index is 0.543. The third-order valence-electron chi connectivity index (χ3n) is 3.99. The summed E-state index contributed by atoms with van der Waals surface area (Å²) in [5.74, 6) is 2.52. The number of guanidine groups is 1. The molecule has 7 heteroatoms. The van der Waals surface area contributed by atoms with Crippen molar-refractivity contribution < 1.29 is 0 Å². The maximum Gasteiger partial charge on any atom is 0.191 e. The van der Waals surface area contributed by atoms with Gasteiger partial charge in [0.15, 0.2) is 5.96 Å². The second-order valence-electron chi connectivity index (χ2n) is 6.05. The molecule has 6 nitrogen and oxygen atoms in total. The van der Waals surface area contributed by atoms with Crippen LogP contribution in [0.1, 0.15) is 23.9 Å². The molecule has 0 unspecified atom stereocenters. The Labute approximate surface area is 164 Å². The molecule has 0 radical (unpaired) electrons. The molecule has 0 bridgehead atoms. The smallest absolute Gasteiger partial charge is 0.191 e. The van der Waals surface area contributed by atoms with Crippen LogP contribution in [-0.2, 0) is 13.1 Å². The first kappa shape index (κ1) is 18.9. The minimum atomic E-state index is 0.543. The summed E-state index contributed by atoms with van der Waals surface area (Å²) in [5, 5.41) is 7.31. The summed E-state index contributed by atoms with van der Waals surface area (Å²) in [5.41, 5.74) is 2.14. The second kappa shape index (κ2) is 9.19. The number of halogens is 1. The molecule has 0 aliphatic heterocycles. The van der Waals surface area contributed by atoms with Gasteiger partial charge in [-0.15, -0.1) is 0 Å². The molecular weight excluding hydrogens is 360 g/mol. The molecule has 2 heterocycles. The Kier molecular flexibility index (Phi) is 6.44. The molecular formula is C20H23ClN6. The first-order chi connectivity index (χ1) is 13.2. The summed E-state index contributed by atoms with van der Waals surface area (Å²) in [4.78, 5) is 13.4. The van der Waals surface area contributed by atoms with Crippen molar-refractivity contribution >= 4 is 17.6 Å². The highest BCUT2D eigenvalue weighted by Gasteiger charge is 2.03. The summed E-state index contributed by atoms with van der Waals surface area (Å²) in [7, 11) is 0. The average molecular weight is 383 g/mol. The Bertz CT molecular complexity index is 901. The Morgan fingerprint density at radius 2 is 2.04 bits per heavy atom. The van der Waals surface area contributed by atoms with E-state index >= 15 is 0 Å². The minimum Gasteiger partial charge on any atom is -0.357 e. The lowest BCUT2D eigenvalue weighted by Crippen LogP contribution is -2.36. The van der Waals surface area contributed by atoms with Crippen molar-refractivity contribution in [1.29, 1.82) is 0 Å². The van der Waals surface area contributed by atoms with Gasteiger partial charge in [-0.05, 0) is 43.2 Å². The fourth-order valence-corrected chi connectivity index (χ4v) is 2.83. The predicted molar refractivity (Wildman–Crippen MR) is 109 cm³/mol. The van der Waals surface area contributed by atoms with Crippen molar-refractivity contribution in [2.75, 3.05) is 6.54 Å². The summed E-state index contributed by atoms with van der Waals surface area (Å²) < 4.78 is 1.95. The fraction of sp³-hybridized carbons (Fsp3) is 0.250. The molecule has 27 heavy (non-hydrogen) atoms. The molecule has 0 amide bonds. The fourth-order valence-electron chi connectivity index (χ4n) is 2.62. The molecule has 0 saturated carbocycles. The van der Waals surface area contributed by atoms with E-state index in [2.05, 4.69) is 25.6 Å². The number of nitrogens with one attached hydrogen (secondary N) is 2. The number of benzene rings is 1. The van der Waals surface area contributed by atoms with Gasteiger partial charge < -0.3 is 10.6 Å². The maximum absolute atomic E-state index is 6.04. The number of aryl methyl sites for hydroxylation is 1. The van der Waals surface area contributed by atoms with Crippen LogP contribution in [0.15, 0.2) is 60.0 Å². The topological polar surface area (TPSA) is 67.1 Å². The molecule has 0 fully saturated rings. The molecule has 0 atom stereocenters. The van der Waals surface area contributed by atoms with Crippen molar-refractivity contribution in [2.24, 2.45) is 4.99 Å². The Morgan fingerprint density at radius 3 is 2.70 bits per heavy atom. The van der Waals surface area contributed by atoms with E-state index in [0.29, 0.717) is 13.1 Å². The number of aromatic nitrogens is 3. The van der Waals surface area contributed by atoms with Gasteiger partial charge in [0, 0.05) is 36.7 Å². The van der Waals surface area contributed by atoms with Crippen molar-refractivity contribution in [3.63, 3.8) is 0 Å². The Morgan fingerprint density at radius 1 is 1.15 bits per heavy atom. The quantitative estimate of drug-likeness (QED) is 0.506. The van der Waals surface area contributed by atoms with E-state index < -0.39 is 0 Å². The van der Waals surface area contributed by atoms with E-state index in [1.807, 2.05) is 67.2 Å². The van der Waals surface area contributed by atoms with Gasteiger partial charge in [-0.3, -0.25) is 4.57 Å². The monoisotopic (exact) mass is 382 g/mol. The van der Waals surface area contributed by atoms with Crippen LogP contribution in [0, 0.1) is 6.92 Å². The molecule has 140 valence electrons. The van der Waals surface area contributed by atoms with Crippen molar-refractivity contribution in [2.45, 2.75) is 26.9 Å². The van der Waals surface area contributed by atoms with E-state index in [0.717, 1.165) is 40.3 Å². The molecule has 3 rings (SSSR count). The van der Waals surface area contributed by atoms with Gasteiger partial charge in [-0.25, -0.2) is 15.0 Å². The van der Waals surface area contributed by atoms with Crippen LogP contribution < -0.4 is 10.6 Å². The largest absolute Gasteiger partial charge is 0.357 e. The Balaban J connectivity index is 1.63. The van der Waals surface area contributed by atoms with Gasteiger partial charge in [-0.1, -0.05) is 29.8 Å². The molecule has 2 aromatic heterocycles.